The van der Waals surface area contributed by atoms with E-state index in [9.17, 15) is 4.79 Å². The van der Waals surface area contributed by atoms with Crippen LogP contribution in [0.3, 0.4) is 0 Å². The highest BCUT2D eigenvalue weighted by Crippen LogP contribution is 2.24. The van der Waals surface area contributed by atoms with E-state index < -0.39 is 0 Å². The summed E-state index contributed by atoms with van der Waals surface area (Å²) in [6, 6.07) is 5.74. The van der Waals surface area contributed by atoms with E-state index in [1.54, 1.807) is 24.6 Å². The maximum absolute atomic E-state index is 11.8. The summed E-state index contributed by atoms with van der Waals surface area (Å²) in [5, 5.41) is 14.2. The third-order valence-electron chi connectivity index (χ3n) is 2.73. The topological polar surface area (TPSA) is 73.0 Å². The molecule has 1 amide bonds. The SMILES string of the molecule is Cn1cc(C(=O)NCc2ccc(-c3ccsc3)o2)nn1. The van der Waals surface area contributed by atoms with Crippen LogP contribution in [0.2, 0.25) is 0 Å². The standard InChI is InChI=1S/C13H12N4O2S/c1-17-7-11(15-16-17)13(18)14-6-10-2-3-12(19-10)9-4-5-20-8-9/h2-5,7-8H,6H2,1H3,(H,14,18). The number of carbonyl (C=O) groups is 1. The molecule has 6 nitrogen and oxygen atoms in total. The Morgan fingerprint density at radius 1 is 1.45 bits per heavy atom. The van der Waals surface area contributed by atoms with Crippen LogP contribution in [0.25, 0.3) is 11.3 Å². The van der Waals surface area contributed by atoms with Gasteiger partial charge in [-0.1, -0.05) is 5.21 Å². The Morgan fingerprint density at radius 2 is 2.35 bits per heavy atom. The number of aryl methyl sites for hydroxylation is 1. The highest BCUT2D eigenvalue weighted by atomic mass is 32.1. The van der Waals surface area contributed by atoms with Crippen molar-refractivity contribution in [3.8, 4) is 11.3 Å². The van der Waals surface area contributed by atoms with Crippen LogP contribution in [0.15, 0.2) is 39.6 Å². The van der Waals surface area contributed by atoms with Gasteiger partial charge in [-0.05, 0) is 23.6 Å². The van der Waals surface area contributed by atoms with Gasteiger partial charge in [-0.2, -0.15) is 11.3 Å². The van der Waals surface area contributed by atoms with Crippen molar-refractivity contribution in [1.82, 2.24) is 20.3 Å². The van der Waals surface area contributed by atoms with Crippen molar-refractivity contribution in [2.75, 3.05) is 0 Å². The second-order valence-corrected chi connectivity index (χ2v) is 5.02. The van der Waals surface area contributed by atoms with Crippen LogP contribution in [-0.4, -0.2) is 20.9 Å². The molecular formula is C13H12N4O2S. The molecule has 0 fully saturated rings. The van der Waals surface area contributed by atoms with Gasteiger partial charge in [0.05, 0.1) is 12.7 Å². The van der Waals surface area contributed by atoms with Gasteiger partial charge in [-0.25, -0.2) is 0 Å². The first-order valence-electron chi connectivity index (χ1n) is 5.98. The molecule has 102 valence electrons. The van der Waals surface area contributed by atoms with E-state index in [0.717, 1.165) is 11.3 Å². The lowest BCUT2D eigenvalue weighted by Crippen LogP contribution is -2.22. The Balaban J connectivity index is 1.63. The number of hydrogen-bond acceptors (Lipinski definition) is 5. The third-order valence-corrected chi connectivity index (χ3v) is 3.41. The molecule has 3 aromatic heterocycles. The maximum Gasteiger partial charge on any atom is 0.273 e. The smallest absolute Gasteiger partial charge is 0.273 e. The number of amides is 1. The zero-order valence-corrected chi connectivity index (χ0v) is 11.6. The molecular weight excluding hydrogens is 276 g/mol. The summed E-state index contributed by atoms with van der Waals surface area (Å²) in [4.78, 5) is 11.8. The normalized spacial score (nSPS) is 10.7. The molecule has 0 aliphatic carbocycles. The lowest BCUT2D eigenvalue weighted by molar-refractivity contribution is 0.0943. The number of rotatable bonds is 4. The van der Waals surface area contributed by atoms with Crippen molar-refractivity contribution in [1.29, 1.82) is 0 Å². The van der Waals surface area contributed by atoms with Crippen LogP contribution in [0, 0.1) is 0 Å². The molecule has 0 aliphatic rings. The number of nitrogens with one attached hydrogen (secondary N) is 1. The fourth-order valence-corrected chi connectivity index (χ4v) is 2.39. The molecule has 0 bridgehead atoms. The summed E-state index contributed by atoms with van der Waals surface area (Å²) in [6.07, 6.45) is 1.56. The Labute approximate surface area is 119 Å². The largest absolute Gasteiger partial charge is 0.459 e. The van der Waals surface area contributed by atoms with E-state index in [-0.39, 0.29) is 11.6 Å². The minimum atomic E-state index is -0.272. The highest BCUT2D eigenvalue weighted by molar-refractivity contribution is 7.08. The fraction of sp³-hybridized carbons (Fsp3) is 0.154. The van der Waals surface area contributed by atoms with Crippen molar-refractivity contribution < 1.29 is 9.21 Å². The lowest BCUT2D eigenvalue weighted by Gasteiger charge is -1.99. The third kappa shape index (κ3) is 2.62. The second-order valence-electron chi connectivity index (χ2n) is 4.24. The molecule has 0 radical (unpaired) electrons. The van der Waals surface area contributed by atoms with E-state index >= 15 is 0 Å². The molecule has 0 aromatic carbocycles. The first-order valence-corrected chi connectivity index (χ1v) is 6.92. The minimum absolute atomic E-state index is 0.272. The summed E-state index contributed by atoms with van der Waals surface area (Å²) < 4.78 is 7.15. The first-order chi connectivity index (χ1) is 9.72. The van der Waals surface area contributed by atoms with Crippen molar-refractivity contribution in [2.45, 2.75) is 6.54 Å². The molecule has 20 heavy (non-hydrogen) atoms. The van der Waals surface area contributed by atoms with Crippen LogP contribution in [0.4, 0.5) is 0 Å². The average molecular weight is 288 g/mol. The van der Waals surface area contributed by atoms with E-state index in [2.05, 4.69) is 15.6 Å². The van der Waals surface area contributed by atoms with Gasteiger partial charge in [0.25, 0.3) is 5.91 Å². The Bertz CT molecular complexity index is 714. The number of carbonyl (C=O) groups excluding carboxylic acids is 1. The Kier molecular flexibility index (Phi) is 3.34. The Hall–Kier alpha value is -2.41. The van der Waals surface area contributed by atoms with Gasteiger partial charge in [0, 0.05) is 18.0 Å². The van der Waals surface area contributed by atoms with Gasteiger partial charge >= 0.3 is 0 Å². The fourth-order valence-electron chi connectivity index (χ4n) is 1.74. The molecule has 3 rings (SSSR count). The van der Waals surface area contributed by atoms with Gasteiger partial charge in [-0.3, -0.25) is 9.48 Å². The molecule has 3 heterocycles. The van der Waals surface area contributed by atoms with E-state index in [1.165, 1.54) is 4.68 Å². The van der Waals surface area contributed by atoms with E-state index in [0.29, 0.717) is 12.3 Å². The molecule has 0 saturated carbocycles. The zero-order chi connectivity index (χ0) is 13.9. The molecule has 3 aromatic rings. The second kappa shape index (κ2) is 5.30. The molecule has 0 atom stereocenters. The highest BCUT2D eigenvalue weighted by Gasteiger charge is 2.11. The predicted octanol–water partition coefficient (Wildman–Crippen LogP) is 2.07. The number of furan rings is 1. The molecule has 0 aliphatic heterocycles. The van der Waals surface area contributed by atoms with Crippen molar-refractivity contribution in [3.05, 3.63) is 46.6 Å². The van der Waals surface area contributed by atoms with Gasteiger partial charge < -0.3 is 9.73 Å². The van der Waals surface area contributed by atoms with Crippen LogP contribution < -0.4 is 5.32 Å². The molecule has 7 heteroatoms. The number of thiophene rings is 1. The van der Waals surface area contributed by atoms with Crippen molar-refractivity contribution in [3.63, 3.8) is 0 Å². The van der Waals surface area contributed by atoms with Crippen LogP contribution in [0.1, 0.15) is 16.2 Å². The maximum atomic E-state index is 11.8. The summed E-state index contributed by atoms with van der Waals surface area (Å²) in [7, 11) is 1.71. The van der Waals surface area contributed by atoms with Crippen LogP contribution in [0.5, 0.6) is 0 Å². The number of aromatic nitrogens is 3. The number of hydrogen-bond donors (Lipinski definition) is 1. The monoisotopic (exact) mass is 288 g/mol. The van der Waals surface area contributed by atoms with E-state index in [1.807, 2.05) is 29.0 Å². The molecule has 0 unspecified atom stereocenters. The van der Waals surface area contributed by atoms with Gasteiger partial charge in [-0.15, -0.1) is 5.10 Å². The minimum Gasteiger partial charge on any atom is -0.459 e. The van der Waals surface area contributed by atoms with Crippen molar-refractivity contribution in [2.24, 2.45) is 7.05 Å². The molecule has 1 N–H and O–H groups in total. The number of nitrogens with zero attached hydrogens (tertiary/aromatic N) is 3. The van der Waals surface area contributed by atoms with Gasteiger partial charge in [0.2, 0.25) is 0 Å². The summed E-state index contributed by atoms with van der Waals surface area (Å²) >= 11 is 1.61. The summed E-state index contributed by atoms with van der Waals surface area (Å²) in [6.45, 7) is 0.319. The zero-order valence-electron chi connectivity index (χ0n) is 10.7. The Morgan fingerprint density at radius 3 is 3.05 bits per heavy atom. The molecule has 0 spiro atoms. The van der Waals surface area contributed by atoms with Crippen LogP contribution in [-0.2, 0) is 13.6 Å². The summed E-state index contributed by atoms with van der Waals surface area (Å²) in [5.41, 5.74) is 1.33. The average Bonchev–Trinajstić information content (AvgIpc) is 3.16. The molecule has 0 saturated heterocycles. The van der Waals surface area contributed by atoms with Crippen LogP contribution >= 0.6 is 11.3 Å². The van der Waals surface area contributed by atoms with Crippen molar-refractivity contribution >= 4 is 17.2 Å². The van der Waals surface area contributed by atoms with Gasteiger partial charge in [0.1, 0.15) is 11.5 Å². The summed E-state index contributed by atoms with van der Waals surface area (Å²) in [5.74, 6) is 1.23. The quantitative estimate of drug-likeness (QED) is 0.797. The predicted molar refractivity (Wildman–Crippen MR) is 74.2 cm³/mol. The first kappa shape index (κ1) is 12.6. The van der Waals surface area contributed by atoms with E-state index in [4.69, 9.17) is 4.42 Å². The van der Waals surface area contributed by atoms with Gasteiger partial charge in [0.15, 0.2) is 5.69 Å². The lowest BCUT2D eigenvalue weighted by atomic mass is 10.3.